The molecule has 0 saturated heterocycles. The van der Waals surface area contributed by atoms with Gasteiger partial charge in [-0.3, -0.25) is 0 Å². The predicted octanol–water partition coefficient (Wildman–Crippen LogP) is 0.238. The Labute approximate surface area is 161 Å². The maximum atomic E-state index is 11.2. The van der Waals surface area contributed by atoms with Gasteiger partial charge in [0.1, 0.15) is 5.69 Å². The lowest BCUT2D eigenvalue weighted by Crippen LogP contribution is -2.34. The number of guanidine groups is 2. The Balaban J connectivity index is 0.00000338. The van der Waals surface area contributed by atoms with Crippen molar-refractivity contribution in [3.8, 4) is 11.4 Å². The molecular weight excluding hydrogens is 400 g/mol. The molecule has 0 atom stereocenters. The van der Waals surface area contributed by atoms with Crippen LogP contribution >= 0.6 is 23.7 Å². The van der Waals surface area contributed by atoms with Gasteiger partial charge in [-0.15, -0.1) is 28.1 Å². The van der Waals surface area contributed by atoms with Gasteiger partial charge in [0.25, 0.3) is 10.0 Å². The summed E-state index contributed by atoms with van der Waals surface area (Å²) in [5.74, 6) is -0.178. The van der Waals surface area contributed by atoms with E-state index in [0.29, 0.717) is 22.2 Å². The zero-order valence-corrected chi connectivity index (χ0v) is 16.5. The monoisotopic (exact) mass is 418 g/mol. The predicted molar refractivity (Wildman–Crippen MR) is 106 cm³/mol. The highest BCUT2D eigenvalue weighted by Gasteiger charge is 2.10. The van der Waals surface area contributed by atoms with E-state index in [4.69, 9.17) is 17.2 Å². The summed E-state index contributed by atoms with van der Waals surface area (Å²) in [6.45, 7) is 0.281. The molecule has 0 aliphatic rings. The molecule has 0 amide bonds. The molecule has 13 heteroatoms. The molecule has 0 fully saturated rings. The Morgan fingerprint density at radius 3 is 2.54 bits per heavy atom. The first-order valence-electron chi connectivity index (χ1n) is 6.92. The Morgan fingerprint density at radius 2 is 1.92 bits per heavy atom. The molecule has 0 aromatic carbocycles. The van der Waals surface area contributed by atoms with Crippen LogP contribution in [0.4, 0.5) is 5.13 Å². The lowest BCUT2D eigenvalue weighted by molar-refractivity contribution is 0.487. The molecule has 10 nitrogen and oxygen atoms in total. The van der Waals surface area contributed by atoms with E-state index in [-0.39, 0.29) is 30.9 Å². The summed E-state index contributed by atoms with van der Waals surface area (Å²) in [6, 6.07) is 5.40. The normalized spacial score (nSPS) is 11.5. The van der Waals surface area contributed by atoms with Crippen LogP contribution in [0.15, 0.2) is 33.0 Å². The van der Waals surface area contributed by atoms with Crippen LogP contribution < -0.4 is 17.2 Å². The van der Waals surface area contributed by atoms with Crippen molar-refractivity contribution in [1.82, 2.24) is 14.9 Å². The molecule has 0 radical (unpaired) electrons. The Kier molecular flexibility index (Phi) is 7.29. The number of aromatic nitrogens is 2. The van der Waals surface area contributed by atoms with Crippen LogP contribution in [-0.2, 0) is 16.6 Å². The van der Waals surface area contributed by atoms with Gasteiger partial charge in [-0.1, -0.05) is 6.07 Å². The molecule has 0 unspecified atom stereocenters. The minimum atomic E-state index is -3.56. The minimum Gasteiger partial charge on any atom is -0.370 e. The van der Waals surface area contributed by atoms with Crippen LogP contribution in [0.5, 0.6) is 0 Å². The third-order valence-corrected chi connectivity index (χ3v) is 4.09. The van der Waals surface area contributed by atoms with Crippen molar-refractivity contribution >= 4 is 50.8 Å². The third kappa shape index (κ3) is 6.46. The molecule has 2 rings (SSSR count). The highest BCUT2D eigenvalue weighted by atomic mass is 35.5. The molecule has 2 heterocycles. The van der Waals surface area contributed by atoms with Crippen molar-refractivity contribution in [2.45, 2.75) is 6.54 Å². The summed E-state index contributed by atoms with van der Waals surface area (Å²) in [5.41, 5.74) is 18.3. The number of hydrogen-bond donors (Lipinski definition) is 3. The fraction of sp³-hybridized carbons (Fsp3) is 0.231. The van der Waals surface area contributed by atoms with Gasteiger partial charge < -0.3 is 22.1 Å². The second-order valence-electron chi connectivity index (χ2n) is 5.10. The average molecular weight is 419 g/mol. The molecule has 2 aromatic heterocycles. The van der Waals surface area contributed by atoms with Crippen LogP contribution in [0.3, 0.4) is 0 Å². The number of nitrogens with zero attached hydrogens (tertiary/aromatic N) is 5. The molecule has 26 heavy (non-hydrogen) atoms. The van der Waals surface area contributed by atoms with Crippen LogP contribution in [0.25, 0.3) is 11.4 Å². The van der Waals surface area contributed by atoms with Crippen molar-refractivity contribution in [3.05, 3.63) is 29.3 Å². The van der Waals surface area contributed by atoms with E-state index in [9.17, 15) is 8.42 Å². The average Bonchev–Trinajstić information content (AvgIpc) is 2.93. The van der Waals surface area contributed by atoms with Gasteiger partial charge >= 0.3 is 0 Å². The SMILES string of the molecule is CN(Cc1cccc(-c2csc(N=C(N)N)n2)n1)C(N)=NS(C)(=O)=O.Cl. The van der Waals surface area contributed by atoms with Crippen LogP contribution in [0, 0.1) is 0 Å². The Hall–Kier alpha value is -2.44. The van der Waals surface area contributed by atoms with Crippen molar-refractivity contribution in [2.75, 3.05) is 13.3 Å². The molecule has 142 valence electrons. The molecular formula is C13H19ClN8O2S2. The van der Waals surface area contributed by atoms with E-state index in [1.54, 1.807) is 24.6 Å². The summed E-state index contributed by atoms with van der Waals surface area (Å²) in [6.07, 6.45) is 0.975. The standard InChI is InChI=1S/C13H18N8O2S2.ClH/c1-21(12(16)20-25(2,22)23)6-8-4-3-5-9(17-8)10-7-24-13(18-10)19-11(14)15;/h3-5,7H,6H2,1-2H3,(H2,16,20)(H4,14,15,18,19);1H. The first-order chi connectivity index (χ1) is 11.6. The number of thiazole rings is 1. The second-order valence-corrected chi connectivity index (χ2v) is 7.59. The summed E-state index contributed by atoms with van der Waals surface area (Å²) in [7, 11) is -1.94. The first-order valence-corrected chi connectivity index (χ1v) is 9.65. The number of nitrogens with two attached hydrogens (primary N) is 3. The van der Waals surface area contributed by atoms with Gasteiger partial charge in [-0.2, -0.15) is 4.99 Å². The fourth-order valence-electron chi connectivity index (χ4n) is 1.82. The Morgan fingerprint density at radius 1 is 1.23 bits per heavy atom. The molecule has 2 aromatic rings. The number of hydrogen-bond acceptors (Lipinski definition) is 6. The number of pyridine rings is 1. The molecule has 0 spiro atoms. The summed E-state index contributed by atoms with van der Waals surface area (Å²) < 4.78 is 25.8. The topological polar surface area (TPSA) is 166 Å². The van der Waals surface area contributed by atoms with Crippen LogP contribution in [-0.4, -0.2) is 48.5 Å². The van der Waals surface area contributed by atoms with Gasteiger partial charge in [-0.25, -0.2) is 18.4 Å². The van der Waals surface area contributed by atoms with E-state index in [1.807, 2.05) is 6.07 Å². The van der Waals surface area contributed by atoms with Gasteiger partial charge in [0.15, 0.2) is 5.96 Å². The zero-order valence-electron chi connectivity index (χ0n) is 14.0. The molecule has 0 aliphatic carbocycles. The van der Waals surface area contributed by atoms with Gasteiger partial charge in [0, 0.05) is 12.4 Å². The minimum absolute atomic E-state index is 0. The highest BCUT2D eigenvalue weighted by Crippen LogP contribution is 2.25. The largest absolute Gasteiger partial charge is 0.370 e. The quantitative estimate of drug-likeness (QED) is 0.458. The van der Waals surface area contributed by atoms with Crippen molar-refractivity contribution in [3.63, 3.8) is 0 Å². The molecule has 0 saturated carbocycles. The molecule has 0 aliphatic heterocycles. The van der Waals surface area contributed by atoms with Crippen molar-refractivity contribution in [1.29, 1.82) is 0 Å². The summed E-state index contributed by atoms with van der Waals surface area (Å²) in [4.78, 5) is 14.2. The Bertz CT molecular complexity index is 922. The smallest absolute Gasteiger partial charge is 0.253 e. The van der Waals surface area contributed by atoms with Gasteiger partial charge in [-0.05, 0) is 12.1 Å². The van der Waals surface area contributed by atoms with Gasteiger partial charge in [0.05, 0.1) is 24.2 Å². The van der Waals surface area contributed by atoms with E-state index < -0.39 is 10.0 Å². The van der Waals surface area contributed by atoms with E-state index >= 15 is 0 Å². The van der Waals surface area contributed by atoms with E-state index in [0.717, 1.165) is 6.26 Å². The highest BCUT2D eigenvalue weighted by molar-refractivity contribution is 7.89. The van der Waals surface area contributed by atoms with Crippen LogP contribution in [0.2, 0.25) is 0 Å². The first kappa shape index (κ1) is 21.6. The van der Waals surface area contributed by atoms with E-state index in [2.05, 4.69) is 19.4 Å². The lowest BCUT2D eigenvalue weighted by atomic mass is 10.2. The second kappa shape index (κ2) is 8.78. The van der Waals surface area contributed by atoms with Crippen LogP contribution in [0.1, 0.15) is 5.69 Å². The van der Waals surface area contributed by atoms with Crippen molar-refractivity contribution < 1.29 is 8.42 Å². The van der Waals surface area contributed by atoms with E-state index in [1.165, 1.54) is 16.2 Å². The number of sulfonamides is 1. The van der Waals surface area contributed by atoms with Crippen molar-refractivity contribution in [2.24, 2.45) is 26.6 Å². The number of rotatable bonds is 5. The maximum Gasteiger partial charge on any atom is 0.253 e. The van der Waals surface area contributed by atoms with Gasteiger partial charge in [0.2, 0.25) is 11.1 Å². The lowest BCUT2D eigenvalue weighted by Gasteiger charge is -2.17. The number of halogens is 1. The molecule has 6 N–H and O–H groups in total. The zero-order chi connectivity index (χ0) is 18.6. The fourth-order valence-corrected chi connectivity index (χ4v) is 3.00. The third-order valence-electron chi connectivity index (χ3n) is 2.84. The summed E-state index contributed by atoms with van der Waals surface area (Å²) >= 11 is 1.29. The summed E-state index contributed by atoms with van der Waals surface area (Å²) in [5, 5.41) is 2.22. The number of aliphatic imine (C=N–C) groups is 1. The maximum absolute atomic E-state index is 11.2. The molecule has 0 bridgehead atoms.